The molecule has 84 valence electrons. The second-order valence-corrected chi connectivity index (χ2v) is 6.00. The minimum atomic E-state index is 1.09. The van der Waals surface area contributed by atoms with Crippen molar-refractivity contribution in [1.82, 2.24) is 0 Å². The Morgan fingerprint density at radius 3 is 1.93 bits per heavy atom. The SMILES string of the molecule is CCCCCCCCCCSC(C)=S. The number of thiocarbonyl (C=S) groups is 1. The number of unbranched alkanes of at least 4 members (excludes halogenated alkanes) is 7. The fraction of sp³-hybridized carbons (Fsp3) is 0.917. The standard InChI is InChI=1S/C12H24S2/c1-3-4-5-6-7-8-9-10-11-14-12(2)13/h3-11H2,1-2H3. The van der Waals surface area contributed by atoms with Gasteiger partial charge < -0.3 is 0 Å². The van der Waals surface area contributed by atoms with Crippen molar-refractivity contribution >= 4 is 28.2 Å². The summed E-state index contributed by atoms with van der Waals surface area (Å²) in [5.74, 6) is 1.23. The Bertz CT molecular complexity index is 132. The summed E-state index contributed by atoms with van der Waals surface area (Å²) in [6.45, 7) is 4.29. The third-order valence-corrected chi connectivity index (χ3v) is 3.56. The summed E-state index contributed by atoms with van der Waals surface area (Å²) in [5, 5.41) is 0. The average molecular weight is 232 g/mol. The molecule has 0 atom stereocenters. The first-order valence-electron chi connectivity index (χ1n) is 5.90. The predicted molar refractivity (Wildman–Crippen MR) is 73.3 cm³/mol. The van der Waals surface area contributed by atoms with E-state index in [0.717, 1.165) is 4.20 Å². The lowest BCUT2D eigenvalue weighted by atomic mass is 10.1. The quantitative estimate of drug-likeness (QED) is 0.395. The van der Waals surface area contributed by atoms with Crippen LogP contribution in [0.4, 0.5) is 0 Å². The summed E-state index contributed by atoms with van der Waals surface area (Å²) < 4.78 is 1.09. The molecule has 0 rings (SSSR count). The Labute approximate surface area is 99.2 Å². The van der Waals surface area contributed by atoms with E-state index in [-0.39, 0.29) is 0 Å². The molecule has 0 aliphatic rings. The highest BCUT2D eigenvalue weighted by molar-refractivity contribution is 8.23. The molecule has 0 aromatic heterocycles. The van der Waals surface area contributed by atoms with E-state index < -0.39 is 0 Å². The molecule has 0 aliphatic carbocycles. The van der Waals surface area contributed by atoms with E-state index in [1.807, 2.05) is 18.7 Å². The minimum Gasteiger partial charge on any atom is -0.119 e. The van der Waals surface area contributed by atoms with Crippen molar-refractivity contribution in [1.29, 1.82) is 0 Å². The maximum atomic E-state index is 5.01. The Morgan fingerprint density at radius 2 is 1.43 bits per heavy atom. The van der Waals surface area contributed by atoms with Crippen LogP contribution in [0.1, 0.15) is 65.2 Å². The van der Waals surface area contributed by atoms with Gasteiger partial charge in [-0.05, 0) is 19.1 Å². The van der Waals surface area contributed by atoms with Gasteiger partial charge in [0.25, 0.3) is 0 Å². The summed E-state index contributed by atoms with van der Waals surface area (Å²) in [7, 11) is 0. The predicted octanol–water partition coefficient (Wildman–Crippen LogP) is 5.21. The largest absolute Gasteiger partial charge is 0.119 e. The van der Waals surface area contributed by atoms with Crippen LogP contribution in [-0.2, 0) is 0 Å². The molecule has 0 bridgehead atoms. The lowest BCUT2D eigenvalue weighted by Crippen LogP contribution is -1.85. The molecule has 0 aromatic rings. The maximum absolute atomic E-state index is 5.01. The van der Waals surface area contributed by atoms with Crippen molar-refractivity contribution in [3.8, 4) is 0 Å². The minimum absolute atomic E-state index is 1.09. The highest BCUT2D eigenvalue weighted by atomic mass is 32.2. The van der Waals surface area contributed by atoms with Crippen LogP contribution in [0.15, 0.2) is 0 Å². The smallest absolute Gasteiger partial charge is 0.0447 e. The van der Waals surface area contributed by atoms with Crippen LogP contribution in [0.3, 0.4) is 0 Å². The molecular formula is C12H24S2. The van der Waals surface area contributed by atoms with Crippen LogP contribution in [0.2, 0.25) is 0 Å². The Kier molecular flexibility index (Phi) is 11.9. The molecule has 0 spiro atoms. The van der Waals surface area contributed by atoms with Crippen molar-refractivity contribution in [2.24, 2.45) is 0 Å². The van der Waals surface area contributed by atoms with E-state index in [0.29, 0.717) is 0 Å². The molecule has 0 aliphatic heterocycles. The van der Waals surface area contributed by atoms with Crippen LogP contribution in [0.5, 0.6) is 0 Å². The lowest BCUT2D eigenvalue weighted by Gasteiger charge is -2.01. The second kappa shape index (κ2) is 11.5. The van der Waals surface area contributed by atoms with Crippen LogP contribution in [0.25, 0.3) is 0 Å². The third-order valence-electron chi connectivity index (χ3n) is 2.30. The zero-order valence-corrected chi connectivity index (χ0v) is 11.3. The van der Waals surface area contributed by atoms with Gasteiger partial charge in [-0.15, -0.1) is 11.8 Å². The maximum Gasteiger partial charge on any atom is 0.0447 e. The molecule has 14 heavy (non-hydrogen) atoms. The second-order valence-electron chi connectivity index (χ2n) is 3.81. The lowest BCUT2D eigenvalue weighted by molar-refractivity contribution is 0.586. The molecule has 0 fully saturated rings. The zero-order chi connectivity index (χ0) is 10.6. The normalized spacial score (nSPS) is 10.4. The molecule has 0 nitrogen and oxygen atoms in total. The molecule has 0 heterocycles. The number of hydrogen-bond donors (Lipinski definition) is 0. The van der Waals surface area contributed by atoms with Crippen molar-refractivity contribution in [2.45, 2.75) is 65.2 Å². The van der Waals surface area contributed by atoms with Gasteiger partial charge in [-0.25, -0.2) is 0 Å². The molecule has 0 saturated carbocycles. The van der Waals surface area contributed by atoms with Gasteiger partial charge in [0.2, 0.25) is 0 Å². The molecular weight excluding hydrogens is 208 g/mol. The first-order chi connectivity index (χ1) is 6.77. The summed E-state index contributed by atoms with van der Waals surface area (Å²) in [4.78, 5) is 0. The number of rotatable bonds is 9. The van der Waals surface area contributed by atoms with Crippen LogP contribution < -0.4 is 0 Å². The first-order valence-corrected chi connectivity index (χ1v) is 7.30. The third kappa shape index (κ3) is 12.4. The van der Waals surface area contributed by atoms with Gasteiger partial charge in [0.15, 0.2) is 0 Å². The van der Waals surface area contributed by atoms with Gasteiger partial charge in [0.1, 0.15) is 0 Å². The fourth-order valence-corrected chi connectivity index (χ4v) is 2.34. The molecule has 0 radical (unpaired) electrons. The number of hydrogen-bond acceptors (Lipinski definition) is 2. The summed E-state index contributed by atoms with van der Waals surface area (Å²) in [6, 6.07) is 0. The van der Waals surface area contributed by atoms with Gasteiger partial charge in [-0.1, -0.05) is 64.1 Å². The van der Waals surface area contributed by atoms with E-state index in [4.69, 9.17) is 12.2 Å². The van der Waals surface area contributed by atoms with E-state index in [1.165, 1.54) is 57.1 Å². The van der Waals surface area contributed by atoms with Crippen molar-refractivity contribution in [3.63, 3.8) is 0 Å². The van der Waals surface area contributed by atoms with E-state index in [1.54, 1.807) is 0 Å². The Hall–Kier alpha value is 0.440. The molecule has 0 saturated heterocycles. The van der Waals surface area contributed by atoms with Crippen molar-refractivity contribution < 1.29 is 0 Å². The van der Waals surface area contributed by atoms with Crippen LogP contribution >= 0.6 is 24.0 Å². The Morgan fingerprint density at radius 1 is 0.929 bits per heavy atom. The van der Waals surface area contributed by atoms with Gasteiger partial charge in [0.05, 0.1) is 0 Å². The number of thioether (sulfide) groups is 1. The average Bonchev–Trinajstić information content (AvgIpc) is 2.15. The van der Waals surface area contributed by atoms with Crippen LogP contribution in [-0.4, -0.2) is 9.95 Å². The van der Waals surface area contributed by atoms with E-state index in [2.05, 4.69) is 6.92 Å². The van der Waals surface area contributed by atoms with Gasteiger partial charge in [0, 0.05) is 4.20 Å². The summed E-state index contributed by atoms with van der Waals surface area (Å²) >= 11 is 6.84. The zero-order valence-electron chi connectivity index (χ0n) is 9.68. The topological polar surface area (TPSA) is 0 Å². The molecule has 0 N–H and O–H groups in total. The highest BCUT2D eigenvalue weighted by Gasteiger charge is 1.92. The highest BCUT2D eigenvalue weighted by Crippen LogP contribution is 2.11. The Balaban J connectivity index is 2.88. The van der Waals surface area contributed by atoms with Crippen molar-refractivity contribution in [3.05, 3.63) is 0 Å². The molecule has 0 amide bonds. The molecule has 2 heteroatoms. The summed E-state index contributed by atoms with van der Waals surface area (Å²) in [6.07, 6.45) is 11.2. The van der Waals surface area contributed by atoms with Gasteiger partial charge in [-0.3, -0.25) is 0 Å². The van der Waals surface area contributed by atoms with Gasteiger partial charge in [-0.2, -0.15) is 0 Å². The fourth-order valence-electron chi connectivity index (χ4n) is 1.45. The molecule has 0 aromatic carbocycles. The van der Waals surface area contributed by atoms with E-state index in [9.17, 15) is 0 Å². The summed E-state index contributed by atoms with van der Waals surface area (Å²) in [5.41, 5.74) is 0. The van der Waals surface area contributed by atoms with E-state index >= 15 is 0 Å². The first kappa shape index (κ1) is 14.4. The van der Waals surface area contributed by atoms with Crippen molar-refractivity contribution in [2.75, 3.05) is 5.75 Å². The monoisotopic (exact) mass is 232 g/mol. The molecule has 0 unspecified atom stereocenters. The van der Waals surface area contributed by atoms with Crippen LogP contribution in [0, 0.1) is 0 Å². The van der Waals surface area contributed by atoms with Gasteiger partial charge >= 0.3 is 0 Å².